The smallest absolute Gasteiger partial charge is 0.228 e. The van der Waals surface area contributed by atoms with E-state index in [1.807, 2.05) is 25.1 Å². The molecule has 0 bridgehead atoms. The van der Waals surface area contributed by atoms with Crippen molar-refractivity contribution in [3.8, 4) is 0 Å². The Morgan fingerprint density at radius 2 is 1.76 bits per heavy atom. The fraction of sp³-hybridized carbons (Fsp3) is 0.440. The minimum atomic E-state index is -0.240. The van der Waals surface area contributed by atoms with Crippen molar-refractivity contribution < 1.29 is 9.18 Å². The summed E-state index contributed by atoms with van der Waals surface area (Å²) in [6.07, 6.45) is 6.49. The molecule has 154 valence electrons. The topological polar surface area (TPSA) is 53.0 Å². The molecule has 3 nitrogen and oxygen atoms in total. The highest BCUT2D eigenvalue weighted by molar-refractivity contribution is 5.86. The minimum Gasteiger partial charge on any atom is -0.353 e. The van der Waals surface area contributed by atoms with E-state index < -0.39 is 0 Å². The van der Waals surface area contributed by atoms with Gasteiger partial charge >= 0.3 is 0 Å². The highest BCUT2D eigenvalue weighted by Gasteiger charge is 2.32. The number of rotatable bonds is 9. The lowest BCUT2D eigenvalue weighted by Crippen LogP contribution is -2.39. The van der Waals surface area contributed by atoms with Crippen LogP contribution in [0, 0.1) is 17.1 Å². The van der Waals surface area contributed by atoms with Crippen LogP contribution < -0.4 is 5.32 Å². The zero-order valence-corrected chi connectivity index (χ0v) is 17.2. The minimum absolute atomic E-state index is 0.0733. The van der Waals surface area contributed by atoms with Crippen molar-refractivity contribution in [1.82, 2.24) is 5.32 Å². The van der Waals surface area contributed by atoms with E-state index in [2.05, 4.69) is 17.4 Å². The maximum Gasteiger partial charge on any atom is 0.228 e. The van der Waals surface area contributed by atoms with Gasteiger partial charge in [0, 0.05) is 18.2 Å². The number of nitrogens with one attached hydrogen (secondary N) is 2. The Morgan fingerprint density at radius 3 is 2.41 bits per heavy atom. The Kier molecular flexibility index (Phi) is 7.56. The molecule has 29 heavy (non-hydrogen) atoms. The number of hydrogen-bond donors (Lipinski definition) is 2. The number of hydrogen-bond acceptors (Lipinski definition) is 2. The fourth-order valence-electron chi connectivity index (χ4n) is 4.39. The maximum absolute atomic E-state index is 13.1. The Hall–Kier alpha value is -2.49. The molecule has 4 heteroatoms. The van der Waals surface area contributed by atoms with Crippen molar-refractivity contribution in [3.05, 3.63) is 71.5 Å². The average molecular weight is 395 g/mol. The maximum atomic E-state index is 13.1. The van der Waals surface area contributed by atoms with Crippen molar-refractivity contribution in [3.63, 3.8) is 0 Å². The van der Waals surface area contributed by atoms with Crippen LogP contribution in [0.3, 0.4) is 0 Å². The summed E-state index contributed by atoms with van der Waals surface area (Å²) in [5.41, 5.74) is 2.73. The highest BCUT2D eigenvalue weighted by atomic mass is 19.1. The predicted octanol–water partition coefficient (Wildman–Crippen LogP) is 5.65. The van der Waals surface area contributed by atoms with Crippen LogP contribution in [0.15, 0.2) is 54.6 Å². The molecule has 1 amide bonds. The second-order valence-electron chi connectivity index (χ2n) is 8.28. The van der Waals surface area contributed by atoms with Gasteiger partial charge in [-0.05, 0) is 61.8 Å². The molecule has 1 fully saturated rings. The Balaban J connectivity index is 1.53. The summed E-state index contributed by atoms with van der Waals surface area (Å²) < 4.78 is 13.0. The van der Waals surface area contributed by atoms with Crippen LogP contribution in [0.25, 0.3) is 0 Å². The van der Waals surface area contributed by atoms with Crippen LogP contribution in [-0.4, -0.2) is 17.7 Å². The van der Waals surface area contributed by atoms with Crippen LogP contribution in [0.4, 0.5) is 4.39 Å². The first-order valence-corrected chi connectivity index (χ1v) is 10.7. The summed E-state index contributed by atoms with van der Waals surface area (Å²) in [7, 11) is 0. The quantitative estimate of drug-likeness (QED) is 0.531. The SMILES string of the molecule is C[C@@H](CC(=N)CCc1ccc(F)cc1)NC(=O)C(c1ccccc1)C1CCCC1. The molecule has 1 saturated carbocycles. The molecule has 0 spiro atoms. The lowest BCUT2D eigenvalue weighted by molar-refractivity contribution is -0.124. The zero-order chi connectivity index (χ0) is 20.6. The van der Waals surface area contributed by atoms with Gasteiger partial charge in [0.1, 0.15) is 5.82 Å². The van der Waals surface area contributed by atoms with Gasteiger partial charge in [0.15, 0.2) is 0 Å². The molecule has 1 unspecified atom stereocenters. The molecule has 2 N–H and O–H groups in total. The summed E-state index contributed by atoms with van der Waals surface area (Å²) in [5, 5.41) is 11.4. The molecular formula is C25H31FN2O. The largest absolute Gasteiger partial charge is 0.353 e. The molecule has 2 atom stereocenters. The molecule has 0 radical (unpaired) electrons. The van der Waals surface area contributed by atoms with Gasteiger partial charge in [0.2, 0.25) is 5.91 Å². The van der Waals surface area contributed by atoms with Crippen LogP contribution >= 0.6 is 0 Å². The summed E-state index contributed by atoms with van der Waals surface area (Å²) in [5.74, 6) is 0.148. The predicted molar refractivity (Wildman–Crippen MR) is 116 cm³/mol. The monoisotopic (exact) mass is 394 g/mol. The molecule has 2 aromatic rings. The van der Waals surface area contributed by atoms with Crippen LogP contribution in [-0.2, 0) is 11.2 Å². The summed E-state index contributed by atoms with van der Waals surface area (Å²) in [4.78, 5) is 13.1. The molecule has 2 aromatic carbocycles. The van der Waals surface area contributed by atoms with E-state index in [1.165, 1.54) is 25.0 Å². The molecule has 3 rings (SSSR count). The fourth-order valence-corrected chi connectivity index (χ4v) is 4.39. The summed E-state index contributed by atoms with van der Waals surface area (Å²) >= 11 is 0. The first-order valence-electron chi connectivity index (χ1n) is 10.7. The summed E-state index contributed by atoms with van der Waals surface area (Å²) in [6.45, 7) is 1.97. The normalized spacial score (nSPS) is 16.3. The molecule has 1 aliphatic carbocycles. The molecule has 0 aromatic heterocycles. The van der Waals surface area contributed by atoms with Crippen molar-refractivity contribution in [2.45, 2.75) is 63.8 Å². The van der Waals surface area contributed by atoms with Gasteiger partial charge in [-0.15, -0.1) is 0 Å². The average Bonchev–Trinajstić information content (AvgIpc) is 3.22. The van der Waals surface area contributed by atoms with Crippen molar-refractivity contribution >= 4 is 11.6 Å². The summed E-state index contributed by atoms with van der Waals surface area (Å²) in [6, 6.07) is 16.4. The highest BCUT2D eigenvalue weighted by Crippen LogP contribution is 2.37. The van der Waals surface area contributed by atoms with E-state index in [1.54, 1.807) is 12.1 Å². The number of carbonyl (C=O) groups is 1. The lowest BCUT2D eigenvalue weighted by Gasteiger charge is -2.25. The molecule has 0 saturated heterocycles. The third-order valence-corrected chi connectivity index (χ3v) is 5.88. The number of amides is 1. The van der Waals surface area contributed by atoms with Gasteiger partial charge in [-0.1, -0.05) is 55.3 Å². The van der Waals surface area contributed by atoms with E-state index in [9.17, 15) is 9.18 Å². The Bertz CT molecular complexity index is 797. The second kappa shape index (κ2) is 10.3. The number of benzene rings is 2. The van der Waals surface area contributed by atoms with Gasteiger partial charge in [-0.3, -0.25) is 4.79 Å². The van der Waals surface area contributed by atoms with E-state index >= 15 is 0 Å². The standard InChI is InChI=1S/C25H31FN2O/c1-18(17-23(27)16-13-19-11-14-22(26)15-12-19)28-25(29)24(21-9-5-6-10-21)20-7-3-2-4-8-20/h2-4,7-8,11-12,14-15,18,21,24,27H,5-6,9-10,13,16-17H2,1H3,(H,28,29)/t18-,24?/m0/s1. The van der Waals surface area contributed by atoms with Gasteiger partial charge < -0.3 is 10.7 Å². The van der Waals surface area contributed by atoms with Crippen LogP contribution in [0.1, 0.15) is 62.5 Å². The van der Waals surface area contributed by atoms with E-state index in [0.717, 1.165) is 24.0 Å². The zero-order valence-electron chi connectivity index (χ0n) is 17.2. The number of carbonyl (C=O) groups excluding carboxylic acids is 1. The molecule has 1 aliphatic rings. The first-order chi connectivity index (χ1) is 14.0. The second-order valence-corrected chi connectivity index (χ2v) is 8.28. The Morgan fingerprint density at radius 1 is 1.10 bits per heavy atom. The molecule has 0 heterocycles. The van der Waals surface area contributed by atoms with Gasteiger partial charge in [0.05, 0.1) is 5.92 Å². The number of aryl methyl sites for hydroxylation is 1. The molecular weight excluding hydrogens is 363 g/mol. The molecule has 0 aliphatic heterocycles. The van der Waals surface area contributed by atoms with Crippen molar-refractivity contribution in [2.24, 2.45) is 5.92 Å². The van der Waals surface area contributed by atoms with Crippen LogP contribution in [0.2, 0.25) is 0 Å². The van der Waals surface area contributed by atoms with E-state index in [0.29, 0.717) is 30.9 Å². The van der Waals surface area contributed by atoms with E-state index in [-0.39, 0.29) is 23.7 Å². The van der Waals surface area contributed by atoms with Gasteiger partial charge in [-0.25, -0.2) is 4.39 Å². The lowest BCUT2D eigenvalue weighted by atomic mass is 9.84. The van der Waals surface area contributed by atoms with Crippen LogP contribution in [0.5, 0.6) is 0 Å². The van der Waals surface area contributed by atoms with Gasteiger partial charge in [-0.2, -0.15) is 0 Å². The first kappa shape index (κ1) is 21.2. The van der Waals surface area contributed by atoms with Gasteiger partial charge in [0.25, 0.3) is 0 Å². The number of halogens is 1. The third-order valence-electron chi connectivity index (χ3n) is 5.88. The third kappa shape index (κ3) is 6.25. The Labute approximate surface area is 173 Å². The van der Waals surface area contributed by atoms with Crippen molar-refractivity contribution in [2.75, 3.05) is 0 Å². The van der Waals surface area contributed by atoms with E-state index in [4.69, 9.17) is 5.41 Å². The van der Waals surface area contributed by atoms with Crippen molar-refractivity contribution in [1.29, 1.82) is 5.41 Å².